The second-order valence-corrected chi connectivity index (χ2v) is 4.83. The number of nitrogens with two attached hydrogens (primary N) is 1. The smallest absolute Gasteiger partial charge is 0.340 e. The van der Waals surface area contributed by atoms with Crippen molar-refractivity contribution >= 4 is 23.3 Å². The fourth-order valence-electron chi connectivity index (χ4n) is 2.10. The Morgan fingerprint density at radius 1 is 1.29 bits per heavy atom. The van der Waals surface area contributed by atoms with E-state index in [1.54, 1.807) is 18.2 Å². The molecule has 0 aliphatic heterocycles. The van der Waals surface area contributed by atoms with Crippen molar-refractivity contribution in [3.63, 3.8) is 0 Å². The Morgan fingerprint density at radius 2 is 2.00 bits per heavy atom. The molecule has 0 spiro atoms. The van der Waals surface area contributed by atoms with Crippen LogP contribution in [0.3, 0.4) is 0 Å². The highest BCUT2D eigenvalue weighted by Crippen LogP contribution is 2.24. The molecule has 2 rings (SSSR count). The number of esters is 1. The third-order valence-electron chi connectivity index (χ3n) is 3.06. The topological polar surface area (TPSA) is 52.3 Å². The predicted molar refractivity (Wildman–Crippen MR) is 68.2 cm³/mol. The lowest BCUT2D eigenvalue weighted by Gasteiger charge is -2.22. The normalized spacial score (nSPS) is 16.8. The van der Waals surface area contributed by atoms with Gasteiger partial charge in [0.1, 0.15) is 6.10 Å². The maximum Gasteiger partial charge on any atom is 0.340 e. The summed E-state index contributed by atoms with van der Waals surface area (Å²) in [5, 5.41) is 0.495. The van der Waals surface area contributed by atoms with E-state index in [1.807, 2.05) is 0 Å². The van der Waals surface area contributed by atoms with Crippen LogP contribution in [-0.2, 0) is 4.74 Å². The lowest BCUT2D eigenvalue weighted by atomic mass is 9.98. The molecule has 0 amide bonds. The molecule has 0 heterocycles. The summed E-state index contributed by atoms with van der Waals surface area (Å²) in [4.78, 5) is 11.9. The highest BCUT2D eigenvalue weighted by Gasteiger charge is 2.20. The first-order chi connectivity index (χ1) is 8.16. The van der Waals surface area contributed by atoms with Crippen LogP contribution in [0.5, 0.6) is 0 Å². The predicted octanol–water partition coefficient (Wildman–Crippen LogP) is 3.41. The Labute approximate surface area is 106 Å². The Kier molecular flexibility index (Phi) is 3.89. The van der Waals surface area contributed by atoms with E-state index in [4.69, 9.17) is 22.1 Å². The number of hydrogen-bond acceptors (Lipinski definition) is 3. The van der Waals surface area contributed by atoms with Gasteiger partial charge < -0.3 is 10.5 Å². The molecule has 1 fully saturated rings. The van der Waals surface area contributed by atoms with Crippen molar-refractivity contribution in [3.8, 4) is 0 Å². The van der Waals surface area contributed by atoms with Crippen molar-refractivity contribution in [2.45, 2.75) is 38.2 Å². The van der Waals surface area contributed by atoms with Gasteiger partial charge in [-0.05, 0) is 43.9 Å². The van der Waals surface area contributed by atoms with E-state index in [1.165, 1.54) is 6.42 Å². The van der Waals surface area contributed by atoms with Gasteiger partial charge in [0.15, 0.2) is 0 Å². The molecule has 0 saturated heterocycles. The van der Waals surface area contributed by atoms with E-state index in [0.717, 1.165) is 25.7 Å². The fourth-order valence-corrected chi connectivity index (χ4v) is 2.28. The van der Waals surface area contributed by atoms with Gasteiger partial charge in [-0.1, -0.05) is 18.0 Å². The number of rotatable bonds is 2. The molecule has 0 radical (unpaired) electrons. The standard InChI is InChI=1S/C13H16ClNO2/c14-9-6-7-12(15)11(8-9)13(16)17-10-4-2-1-3-5-10/h6-8,10H,1-5,15H2. The minimum Gasteiger partial charge on any atom is -0.459 e. The molecule has 1 aliphatic rings. The summed E-state index contributed by atoms with van der Waals surface area (Å²) >= 11 is 5.84. The molecule has 0 unspecified atom stereocenters. The number of carbonyl (C=O) groups excluding carboxylic acids is 1. The Balaban J connectivity index is 2.05. The minimum atomic E-state index is -0.364. The minimum absolute atomic E-state index is 0.0367. The van der Waals surface area contributed by atoms with Crippen LogP contribution in [-0.4, -0.2) is 12.1 Å². The first-order valence-corrected chi connectivity index (χ1v) is 6.30. The van der Waals surface area contributed by atoms with E-state index >= 15 is 0 Å². The second-order valence-electron chi connectivity index (χ2n) is 4.40. The van der Waals surface area contributed by atoms with E-state index in [-0.39, 0.29) is 12.1 Å². The monoisotopic (exact) mass is 253 g/mol. The molecule has 92 valence electrons. The van der Waals surface area contributed by atoms with Gasteiger partial charge >= 0.3 is 5.97 Å². The van der Waals surface area contributed by atoms with Gasteiger partial charge in [-0.25, -0.2) is 4.79 Å². The van der Waals surface area contributed by atoms with Gasteiger partial charge in [0.05, 0.1) is 5.56 Å². The number of nitrogen functional groups attached to an aromatic ring is 1. The van der Waals surface area contributed by atoms with Crippen molar-refractivity contribution in [3.05, 3.63) is 28.8 Å². The SMILES string of the molecule is Nc1ccc(Cl)cc1C(=O)OC1CCCCC1. The van der Waals surface area contributed by atoms with Crippen LogP contribution in [0.2, 0.25) is 5.02 Å². The summed E-state index contributed by atoms with van der Waals surface area (Å²) in [6.45, 7) is 0. The van der Waals surface area contributed by atoms with Gasteiger partial charge in [0.25, 0.3) is 0 Å². The average molecular weight is 254 g/mol. The van der Waals surface area contributed by atoms with E-state index in [9.17, 15) is 4.79 Å². The quantitative estimate of drug-likeness (QED) is 0.649. The van der Waals surface area contributed by atoms with Crippen LogP contribution in [0.4, 0.5) is 5.69 Å². The maximum atomic E-state index is 11.9. The summed E-state index contributed by atoms with van der Waals surface area (Å²) in [7, 11) is 0. The van der Waals surface area contributed by atoms with E-state index in [0.29, 0.717) is 16.3 Å². The van der Waals surface area contributed by atoms with Crippen LogP contribution >= 0.6 is 11.6 Å². The summed E-state index contributed by atoms with van der Waals surface area (Å²) in [6.07, 6.45) is 5.42. The molecule has 0 aromatic heterocycles. The zero-order valence-electron chi connectivity index (χ0n) is 9.62. The van der Waals surface area contributed by atoms with Crippen molar-refractivity contribution in [1.29, 1.82) is 0 Å². The fraction of sp³-hybridized carbons (Fsp3) is 0.462. The molecule has 0 atom stereocenters. The number of carbonyl (C=O) groups is 1. The molecule has 17 heavy (non-hydrogen) atoms. The molecule has 0 bridgehead atoms. The van der Waals surface area contributed by atoms with Gasteiger partial charge in [-0.15, -0.1) is 0 Å². The van der Waals surface area contributed by atoms with Gasteiger partial charge in [-0.2, -0.15) is 0 Å². The third kappa shape index (κ3) is 3.13. The highest BCUT2D eigenvalue weighted by molar-refractivity contribution is 6.31. The summed E-state index contributed by atoms with van der Waals surface area (Å²) in [5.41, 5.74) is 6.51. The van der Waals surface area contributed by atoms with Crippen molar-refractivity contribution < 1.29 is 9.53 Å². The average Bonchev–Trinajstić information content (AvgIpc) is 2.33. The molecule has 4 heteroatoms. The number of benzene rings is 1. The van der Waals surface area contributed by atoms with Crippen LogP contribution < -0.4 is 5.73 Å². The molecule has 1 aliphatic carbocycles. The lowest BCUT2D eigenvalue weighted by molar-refractivity contribution is 0.0212. The van der Waals surface area contributed by atoms with Crippen LogP contribution in [0.1, 0.15) is 42.5 Å². The van der Waals surface area contributed by atoms with Crippen LogP contribution in [0.15, 0.2) is 18.2 Å². The van der Waals surface area contributed by atoms with E-state index in [2.05, 4.69) is 0 Å². The summed E-state index contributed by atoms with van der Waals surface area (Å²) in [5.74, 6) is -0.364. The van der Waals surface area contributed by atoms with Gasteiger partial charge in [-0.3, -0.25) is 0 Å². The molecule has 1 saturated carbocycles. The maximum absolute atomic E-state index is 11.9. The van der Waals surface area contributed by atoms with Crippen molar-refractivity contribution in [1.82, 2.24) is 0 Å². The molecule has 1 aromatic rings. The zero-order valence-corrected chi connectivity index (χ0v) is 10.4. The highest BCUT2D eigenvalue weighted by atomic mass is 35.5. The van der Waals surface area contributed by atoms with Crippen LogP contribution in [0.25, 0.3) is 0 Å². The van der Waals surface area contributed by atoms with E-state index < -0.39 is 0 Å². The number of ether oxygens (including phenoxy) is 1. The van der Waals surface area contributed by atoms with Crippen molar-refractivity contribution in [2.75, 3.05) is 5.73 Å². The van der Waals surface area contributed by atoms with Gasteiger partial charge in [0.2, 0.25) is 0 Å². The largest absolute Gasteiger partial charge is 0.459 e. The molecule has 1 aromatic carbocycles. The van der Waals surface area contributed by atoms with Gasteiger partial charge in [0, 0.05) is 10.7 Å². The molecular weight excluding hydrogens is 238 g/mol. The molecular formula is C13H16ClNO2. The lowest BCUT2D eigenvalue weighted by Crippen LogP contribution is -2.21. The second kappa shape index (κ2) is 5.41. The Bertz CT molecular complexity index is 414. The number of anilines is 1. The first kappa shape index (κ1) is 12.2. The van der Waals surface area contributed by atoms with Crippen LogP contribution in [0, 0.1) is 0 Å². The summed E-state index contributed by atoms with van der Waals surface area (Å²) < 4.78 is 5.44. The Hall–Kier alpha value is -1.22. The van der Waals surface area contributed by atoms with Crippen molar-refractivity contribution in [2.24, 2.45) is 0 Å². The number of halogens is 1. The summed E-state index contributed by atoms with van der Waals surface area (Å²) in [6, 6.07) is 4.84. The zero-order chi connectivity index (χ0) is 12.3. The number of hydrogen-bond donors (Lipinski definition) is 1. The Morgan fingerprint density at radius 3 is 2.71 bits per heavy atom. The molecule has 2 N–H and O–H groups in total. The molecule has 3 nitrogen and oxygen atoms in total. The third-order valence-corrected chi connectivity index (χ3v) is 3.30. The first-order valence-electron chi connectivity index (χ1n) is 5.93.